The highest BCUT2D eigenvalue weighted by Gasteiger charge is 2.40. The van der Waals surface area contributed by atoms with Crippen LogP contribution in [0.15, 0.2) is 12.7 Å². The van der Waals surface area contributed by atoms with Gasteiger partial charge in [0, 0.05) is 50.5 Å². The lowest BCUT2D eigenvalue weighted by molar-refractivity contribution is -0.146. The molecule has 272 valence electrons. The maximum Gasteiger partial charge on any atom is 0.245 e. The third-order valence-electron chi connectivity index (χ3n) is 8.59. The van der Waals surface area contributed by atoms with Crippen molar-refractivity contribution in [1.29, 1.82) is 0 Å². The molecule has 13 heteroatoms. The third kappa shape index (κ3) is 15.3. The summed E-state index contributed by atoms with van der Waals surface area (Å²) in [6.07, 6.45) is 3.22. The fraction of sp³-hybridized carbons (Fsp3) is 0.794. The lowest BCUT2D eigenvalue weighted by Gasteiger charge is -2.41. The summed E-state index contributed by atoms with van der Waals surface area (Å²) in [7, 11) is 6.27. The van der Waals surface area contributed by atoms with Crippen LogP contribution in [0.1, 0.15) is 94.4 Å². The van der Waals surface area contributed by atoms with Crippen molar-refractivity contribution in [2.75, 3.05) is 32.2 Å². The quantitative estimate of drug-likeness (QED) is 0.0537. The van der Waals surface area contributed by atoms with E-state index in [9.17, 15) is 24.0 Å². The lowest BCUT2D eigenvalue weighted by Crippen LogP contribution is -2.62. The van der Waals surface area contributed by atoms with E-state index < -0.39 is 30.1 Å². The summed E-state index contributed by atoms with van der Waals surface area (Å²) >= 11 is 0. The van der Waals surface area contributed by atoms with Gasteiger partial charge in [-0.2, -0.15) is 0 Å². The first kappa shape index (κ1) is 44.9. The smallest absolute Gasteiger partial charge is 0.245 e. The van der Waals surface area contributed by atoms with Crippen molar-refractivity contribution in [2.24, 2.45) is 28.9 Å². The molecule has 0 aliphatic rings. The van der Waals surface area contributed by atoms with E-state index in [0.717, 1.165) is 6.42 Å². The number of nitrogens with zero attached hydrogens (tertiary/aromatic N) is 2. The molecule has 0 rings (SSSR count). The number of Topliss-reactive ketones (excluding diaryl/α,β-unsaturated/α-hetero) is 1. The molecule has 0 fully saturated rings. The van der Waals surface area contributed by atoms with Crippen LogP contribution < -0.4 is 16.5 Å². The molecule has 0 aliphatic heterocycles. The fourth-order valence-corrected chi connectivity index (χ4v) is 7.41. The topological polar surface area (TPSA) is 151 Å². The Kier molecular flexibility index (Phi) is 21.5. The van der Waals surface area contributed by atoms with Crippen LogP contribution in [-0.2, 0) is 28.7 Å². The third-order valence-corrected chi connectivity index (χ3v) is 11.0. The van der Waals surface area contributed by atoms with Crippen LogP contribution in [0.4, 0.5) is 0 Å². The largest absolute Gasteiger partial charge is 0.379 e. The number of nitrogens with one attached hydrogen (secondary N) is 2. The second-order valence-electron chi connectivity index (χ2n) is 13.4. The Balaban J connectivity index is 5.59. The summed E-state index contributed by atoms with van der Waals surface area (Å²) < 4.78 is 5.68. The van der Waals surface area contributed by atoms with Crippen LogP contribution in [0.3, 0.4) is 0 Å². The van der Waals surface area contributed by atoms with E-state index in [-0.39, 0.29) is 59.5 Å². The van der Waals surface area contributed by atoms with Gasteiger partial charge in [-0.15, -0.1) is 6.58 Å². The first-order valence-electron chi connectivity index (χ1n) is 16.7. The van der Waals surface area contributed by atoms with E-state index in [1.165, 1.54) is 12.1 Å². The van der Waals surface area contributed by atoms with E-state index in [1.54, 1.807) is 39.6 Å². The molecule has 4 amide bonds. The Morgan fingerprint density at radius 2 is 1.55 bits per heavy atom. The van der Waals surface area contributed by atoms with Gasteiger partial charge in [-0.05, 0) is 37.5 Å². The molecule has 0 spiro atoms. The summed E-state index contributed by atoms with van der Waals surface area (Å²) in [5.41, 5.74) is 8.04. The number of amides is 4. The Labute approximate surface area is 292 Å². The molecule has 5 atom stereocenters. The minimum atomic E-state index is -0.861. The number of likely N-dealkylation sites (N-methyl/N-ethyl adjacent to an activating group) is 2. The van der Waals surface area contributed by atoms with Gasteiger partial charge in [0.2, 0.25) is 23.6 Å². The molecule has 0 saturated carbocycles. The highest BCUT2D eigenvalue weighted by Crippen LogP contribution is 2.28. The number of hydrogen-bond acceptors (Lipinski definition) is 9. The van der Waals surface area contributed by atoms with Crippen LogP contribution in [0.5, 0.6) is 0 Å². The molecule has 0 aromatic rings. The number of nitrogens with two attached hydrogens (primary N) is 1. The number of primary amides is 1. The van der Waals surface area contributed by atoms with Crippen molar-refractivity contribution >= 4 is 51.0 Å². The van der Waals surface area contributed by atoms with Crippen molar-refractivity contribution < 1.29 is 28.7 Å². The van der Waals surface area contributed by atoms with Crippen molar-refractivity contribution in [1.82, 2.24) is 20.7 Å². The fourth-order valence-electron chi connectivity index (χ4n) is 5.43. The average Bonchev–Trinajstić information content (AvgIpc) is 2.98. The van der Waals surface area contributed by atoms with E-state index in [0.29, 0.717) is 30.9 Å². The molecule has 0 bridgehead atoms. The predicted octanol–water partition coefficient (Wildman–Crippen LogP) is 4.60. The number of hydrazine groups is 1. The summed E-state index contributed by atoms with van der Waals surface area (Å²) in [6.45, 7) is 21.4. The maximum absolute atomic E-state index is 14.1. The summed E-state index contributed by atoms with van der Waals surface area (Å²) in [5, 5.41) is 4.48. The number of hydrogen-bond donors (Lipinski definition) is 3. The van der Waals surface area contributed by atoms with Gasteiger partial charge in [-0.1, -0.05) is 83.1 Å². The zero-order valence-corrected chi connectivity index (χ0v) is 32.4. The number of carbonyl (C=O) groups is 5. The Bertz CT molecular complexity index is 1020. The SMILES string of the molecule is C=CC[C@H](C)[C@@H]([C@@H](CC(N)=O)OC)N(CC)C(=O)[C@@H](NC(=O)[C@H](C(C)C)N(C)NC(=O)CCSSCCC(=O)C(C)(C)CC)C(C)C. The number of rotatable bonds is 25. The molecule has 0 heterocycles. The maximum atomic E-state index is 14.1. The van der Waals surface area contributed by atoms with Crippen molar-refractivity contribution in [3.05, 3.63) is 12.7 Å². The van der Waals surface area contributed by atoms with Gasteiger partial charge in [0.25, 0.3) is 0 Å². The van der Waals surface area contributed by atoms with E-state index in [1.807, 2.05) is 62.3 Å². The highest BCUT2D eigenvalue weighted by molar-refractivity contribution is 8.76. The zero-order valence-electron chi connectivity index (χ0n) is 30.7. The molecule has 0 aromatic heterocycles. The van der Waals surface area contributed by atoms with Crippen LogP contribution in [0.2, 0.25) is 0 Å². The number of allylic oxidation sites excluding steroid dienone is 1. The van der Waals surface area contributed by atoms with Gasteiger partial charge in [-0.25, -0.2) is 5.01 Å². The molecule has 0 saturated heterocycles. The Morgan fingerprint density at radius 3 is 2.00 bits per heavy atom. The Hall–Kier alpha value is -2.09. The van der Waals surface area contributed by atoms with Crippen molar-refractivity contribution in [3.63, 3.8) is 0 Å². The first-order valence-corrected chi connectivity index (χ1v) is 19.2. The van der Waals surface area contributed by atoms with Gasteiger partial charge < -0.3 is 20.7 Å². The number of carbonyl (C=O) groups excluding carboxylic acids is 5. The van der Waals surface area contributed by atoms with Crippen LogP contribution in [-0.4, -0.2) is 95.8 Å². The monoisotopic (exact) mass is 701 g/mol. The number of ketones is 1. The molecular formula is C34H63N5O6S2. The van der Waals surface area contributed by atoms with Gasteiger partial charge in [0.05, 0.1) is 18.6 Å². The van der Waals surface area contributed by atoms with Crippen LogP contribution in [0, 0.1) is 23.2 Å². The van der Waals surface area contributed by atoms with E-state index in [4.69, 9.17) is 10.5 Å². The molecule has 47 heavy (non-hydrogen) atoms. The second kappa shape index (κ2) is 22.5. The first-order chi connectivity index (χ1) is 21.9. The average molecular weight is 702 g/mol. The van der Waals surface area contributed by atoms with Crippen LogP contribution in [0.25, 0.3) is 0 Å². The minimum absolute atomic E-state index is 0.0563. The highest BCUT2D eigenvalue weighted by atomic mass is 33.1. The Morgan fingerprint density at radius 1 is 0.979 bits per heavy atom. The molecule has 0 unspecified atom stereocenters. The van der Waals surface area contributed by atoms with E-state index >= 15 is 0 Å². The molecule has 0 aliphatic carbocycles. The summed E-state index contributed by atoms with van der Waals surface area (Å²) in [4.78, 5) is 66.5. The standard InChI is InChI=1S/C34H63N5O6S2/c1-13-16-24(8)31(25(45-12)21-27(35)41)39(15-3)33(44)29(22(4)5)36-32(43)30(23(6)7)38(11)37-28(42)18-20-47-46-19-17-26(40)34(9,10)14-2/h13,22-25,29-31H,1,14-21H2,2-12H3,(H2,35,41)(H,36,43)(H,37,42)/t24-,25+,29-,30-,31-/m0/s1. The van der Waals surface area contributed by atoms with Gasteiger partial charge >= 0.3 is 0 Å². The van der Waals surface area contributed by atoms with Crippen molar-refractivity contribution in [3.8, 4) is 0 Å². The van der Waals surface area contributed by atoms with Crippen molar-refractivity contribution in [2.45, 2.75) is 119 Å². The molecule has 0 aromatic carbocycles. The lowest BCUT2D eigenvalue weighted by atomic mass is 9.84. The van der Waals surface area contributed by atoms with Gasteiger partial charge in [0.1, 0.15) is 17.9 Å². The molecule has 11 nitrogen and oxygen atoms in total. The van der Waals surface area contributed by atoms with Crippen LogP contribution >= 0.6 is 21.6 Å². The molecule has 4 N–H and O–H groups in total. The zero-order chi connectivity index (χ0) is 36.5. The summed E-state index contributed by atoms with van der Waals surface area (Å²) in [6, 6.07) is -2.08. The van der Waals surface area contributed by atoms with E-state index in [2.05, 4.69) is 17.3 Å². The second-order valence-corrected chi connectivity index (χ2v) is 16.1. The minimum Gasteiger partial charge on any atom is -0.379 e. The van der Waals surface area contributed by atoms with Gasteiger partial charge in [-0.3, -0.25) is 29.4 Å². The normalized spacial score (nSPS) is 15.1. The number of methoxy groups -OCH3 is 1. The molecule has 0 radical (unpaired) electrons. The molecular weight excluding hydrogens is 639 g/mol. The predicted molar refractivity (Wildman–Crippen MR) is 194 cm³/mol. The summed E-state index contributed by atoms with van der Waals surface area (Å²) in [5.74, 6) is -0.453. The number of ether oxygens (including phenoxy) is 1. The van der Waals surface area contributed by atoms with Gasteiger partial charge in [0.15, 0.2) is 0 Å².